The van der Waals surface area contributed by atoms with Gasteiger partial charge >= 0.3 is 5.97 Å². The van der Waals surface area contributed by atoms with E-state index in [2.05, 4.69) is 9.97 Å². The summed E-state index contributed by atoms with van der Waals surface area (Å²) >= 11 is 0. The summed E-state index contributed by atoms with van der Waals surface area (Å²) in [6, 6.07) is 12.4. The van der Waals surface area contributed by atoms with E-state index in [4.69, 9.17) is 4.74 Å². The molecule has 1 N–H and O–H groups in total. The van der Waals surface area contributed by atoms with Gasteiger partial charge in [-0.1, -0.05) is 18.2 Å². The molecule has 0 fully saturated rings. The number of ketones is 1. The van der Waals surface area contributed by atoms with Crippen molar-refractivity contribution < 1.29 is 19.4 Å². The molecule has 0 amide bonds. The highest BCUT2D eigenvalue weighted by molar-refractivity contribution is 6.00. The molecule has 0 saturated carbocycles. The number of aromatic hydroxyl groups is 1. The molecule has 7 heteroatoms. The van der Waals surface area contributed by atoms with E-state index in [1.54, 1.807) is 31.3 Å². The summed E-state index contributed by atoms with van der Waals surface area (Å²) in [5.74, 6) is -1.53. The Balaban J connectivity index is 2.04. The number of carbonyl (C=O) groups excluding carboxylic acids is 2. The fraction of sp³-hybridized carbons (Fsp3) is 0.190. The van der Waals surface area contributed by atoms with Crippen molar-refractivity contribution in [2.45, 2.75) is 19.8 Å². The second kappa shape index (κ2) is 8.27. The quantitative estimate of drug-likeness (QED) is 0.519. The normalized spacial score (nSPS) is 10.4. The number of nitriles is 1. The summed E-state index contributed by atoms with van der Waals surface area (Å²) in [7, 11) is 0. The van der Waals surface area contributed by atoms with Crippen LogP contribution < -0.4 is 0 Å². The molecule has 7 nitrogen and oxygen atoms in total. The van der Waals surface area contributed by atoms with Crippen LogP contribution in [0.25, 0.3) is 22.2 Å². The number of ether oxygens (including phenoxy) is 1. The van der Waals surface area contributed by atoms with Crippen LogP contribution in [0.1, 0.15) is 35.8 Å². The van der Waals surface area contributed by atoms with Crippen LogP contribution in [0.4, 0.5) is 0 Å². The molecule has 0 aliphatic heterocycles. The third-order valence-corrected chi connectivity index (χ3v) is 4.16. The Morgan fingerprint density at radius 3 is 2.79 bits per heavy atom. The lowest BCUT2D eigenvalue weighted by Gasteiger charge is -2.10. The Morgan fingerprint density at radius 1 is 1.21 bits per heavy atom. The fourth-order valence-electron chi connectivity index (χ4n) is 2.85. The van der Waals surface area contributed by atoms with Gasteiger partial charge in [0.25, 0.3) is 0 Å². The van der Waals surface area contributed by atoms with Crippen LogP contribution in [0, 0.1) is 11.3 Å². The van der Waals surface area contributed by atoms with E-state index >= 15 is 0 Å². The number of nitrogens with zero attached hydrogens (tertiary/aromatic N) is 3. The molecule has 0 radical (unpaired) electrons. The van der Waals surface area contributed by atoms with E-state index in [9.17, 15) is 20.0 Å². The minimum Gasteiger partial charge on any atom is -0.504 e. The van der Waals surface area contributed by atoms with Crippen molar-refractivity contribution in [2.75, 3.05) is 6.61 Å². The SMILES string of the molecule is CCOC(=O)CCC(=O)c1nc(-c2cccc3ncccc23)cc(C#N)c1O. The molecule has 28 heavy (non-hydrogen) atoms. The van der Waals surface area contributed by atoms with Crippen LogP contribution in [0.15, 0.2) is 42.6 Å². The largest absolute Gasteiger partial charge is 0.504 e. The van der Waals surface area contributed by atoms with Gasteiger partial charge < -0.3 is 9.84 Å². The van der Waals surface area contributed by atoms with Crippen molar-refractivity contribution in [1.82, 2.24) is 9.97 Å². The van der Waals surface area contributed by atoms with Crippen molar-refractivity contribution in [3.05, 3.63) is 53.9 Å². The first-order chi connectivity index (χ1) is 13.5. The molecule has 0 spiro atoms. The van der Waals surface area contributed by atoms with Gasteiger partial charge in [0.05, 0.1) is 29.8 Å². The second-order valence-electron chi connectivity index (χ2n) is 5.97. The third kappa shape index (κ3) is 3.81. The van der Waals surface area contributed by atoms with Crippen LogP contribution in [-0.4, -0.2) is 33.4 Å². The van der Waals surface area contributed by atoms with Crippen molar-refractivity contribution >= 4 is 22.7 Å². The Kier molecular flexibility index (Phi) is 5.61. The highest BCUT2D eigenvalue weighted by Crippen LogP contribution is 2.31. The van der Waals surface area contributed by atoms with Gasteiger partial charge in [-0.05, 0) is 25.1 Å². The van der Waals surface area contributed by atoms with Gasteiger partial charge in [-0.3, -0.25) is 14.6 Å². The number of Topliss-reactive ketones (excluding diaryl/α,β-unsaturated/α-hetero) is 1. The maximum Gasteiger partial charge on any atom is 0.306 e. The molecule has 0 saturated heterocycles. The molecule has 3 rings (SSSR count). The Morgan fingerprint density at radius 2 is 2.04 bits per heavy atom. The molecule has 2 heterocycles. The lowest BCUT2D eigenvalue weighted by Crippen LogP contribution is -2.10. The van der Waals surface area contributed by atoms with E-state index in [1.165, 1.54) is 6.07 Å². The molecule has 140 valence electrons. The predicted octanol–water partition coefficient (Wildman–Crippen LogP) is 3.40. The number of benzene rings is 1. The summed E-state index contributed by atoms with van der Waals surface area (Å²) in [5, 5.41) is 20.4. The van der Waals surface area contributed by atoms with Gasteiger partial charge in [0, 0.05) is 23.6 Å². The van der Waals surface area contributed by atoms with Gasteiger partial charge in [-0.15, -0.1) is 0 Å². The number of hydrogen-bond donors (Lipinski definition) is 1. The Labute approximate surface area is 161 Å². The number of fused-ring (bicyclic) bond motifs is 1. The van der Waals surface area contributed by atoms with E-state index in [0.717, 1.165) is 10.9 Å². The topological polar surface area (TPSA) is 113 Å². The summed E-state index contributed by atoms with van der Waals surface area (Å²) in [6.45, 7) is 1.90. The number of carbonyl (C=O) groups is 2. The molecule has 2 aromatic heterocycles. The van der Waals surface area contributed by atoms with Gasteiger partial charge in [0.1, 0.15) is 11.8 Å². The number of pyridine rings is 2. The Bertz CT molecular complexity index is 1100. The molecular weight excluding hydrogens is 358 g/mol. The van der Waals surface area contributed by atoms with Gasteiger partial charge in [-0.2, -0.15) is 5.26 Å². The standard InChI is InChI=1S/C21H17N3O4/c1-2-28-19(26)9-8-18(25)20-21(27)13(12-22)11-17(24-20)15-5-3-7-16-14(15)6-4-10-23-16/h3-7,10-11,27H,2,8-9H2,1H3. The number of rotatable bonds is 6. The van der Waals surface area contributed by atoms with E-state index in [0.29, 0.717) is 11.3 Å². The minimum atomic E-state index is -0.540. The maximum absolute atomic E-state index is 12.5. The number of esters is 1. The molecule has 0 atom stereocenters. The summed E-state index contributed by atoms with van der Waals surface area (Å²) in [6.07, 6.45) is 1.37. The van der Waals surface area contributed by atoms with Gasteiger partial charge in [0.15, 0.2) is 11.5 Å². The first kappa shape index (κ1) is 19.0. The van der Waals surface area contributed by atoms with Gasteiger partial charge in [0.2, 0.25) is 0 Å². The van der Waals surface area contributed by atoms with Crippen molar-refractivity contribution in [1.29, 1.82) is 5.26 Å². The van der Waals surface area contributed by atoms with Gasteiger partial charge in [-0.25, -0.2) is 4.98 Å². The van der Waals surface area contributed by atoms with Crippen LogP contribution >= 0.6 is 0 Å². The third-order valence-electron chi connectivity index (χ3n) is 4.16. The molecule has 0 bridgehead atoms. The molecule has 0 aliphatic rings. The molecule has 3 aromatic rings. The summed E-state index contributed by atoms with van der Waals surface area (Å²) in [5.41, 5.74) is 1.49. The van der Waals surface area contributed by atoms with Crippen molar-refractivity contribution in [3.63, 3.8) is 0 Å². The lowest BCUT2D eigenvalue weighted by molar-refractivity contribution is -0.143. The lowest BCUT2D eigenvalue weighted by atomic mass is 10.0. The highest BCUT2D eigenvalue weighted by Gasteiger charge is 2.20. The minimum absolute atomic E-state index is 0.0645. The highest BCUT2D eigenvalue weighted by atomic mass is 16.5. The van der Waals surface area contributed by atoms with Crippen LogP contribution in [-0.2, 0) is 9.53 Å². The fourth-order valence-corrected chi connectivity index (χ4v) is 2.85. The molecule has 1 aromatic carbocycles. The van der Waals surface area contributed by atoms with E-state index in [1.807, 2.05) is 18.2 Å². The molecule has 0 aliphatic carbocycles. The first-order valence-electron chi connectivity index (χ1n) is 8.72. The average molecular weight is 375 g/mol. The molecule has 0 unspecified atom stereocenters. The zero-order valence-corrected chi connectivity index (χ0v) is 15.2. The van der Waals surface area contributed by atoms with E-state index < -0.39 is 17.5 Å². The van der Waals surface area contributed by atoms with Crippen LogP contribution in [0.5, 0.6) is 5.75 Å². The maximum atomic E-state index is 12.5. The van der Waals surface area contributed by atoms with Crippen molar-refractivity contribution in [3.8, 4) is 23.1 Å². The number of aromatic nitrogens is 2. The zero-order chi connectivity index (χ0) is 20.1. The second-order valence-corrected chi connectivity index (χ2v) is 5.97. The Hall–Kier alpha value is -3.79. The zero-order valence-electron chi connectivity index (χ0n) is 15.2. The smallest absolute Gasteiger partial charge is 0.306 e. The van der Waals surface area contributed by atoms with Crippen LogP contribution in [0.2, 0.25) is 0 Å². The molecular formula is C21H17N3O4. The summed E-state index contributed by atoms with van der Waals surface area (Å²) < 4.78 is 4.81. The van der Waals surface area contributed by atoms with E-state index in [-0.39, 0.29) is 30.7 Å². The first-order valence-corrected chi connectivity index (χ1v) is 8.72. The number of hydrogen-bond acceptors (Lipinski definition) is 7. The monoisotopic (exact) mass is 375 g/mol. The average Bonchev–Trinajstić information content (AvgIpc) is 2.72. The predicted molar refractivity (Wildman–Crippen MR) is 102 cm³/mol. The van der Waals surface area contributed by atoms with Crippen LogP contribution in [0.3, 0.4) is 0 Å². The van der Waals surface area contributed by atoms with Crippen molar-refractivity contribution in [2.24, 2.45) is 0 Å². The summed E-state index contributed by atoms with van der Waals surface area (Å²) in [4.78, 5) is 32.6.